The van der Waals surface area contributed by atoms with Crippen molar-refractivity contribution in [3.05, 3.63) is 54.6 Å². The molecule has 4 aromatic rings. The number of hydrogen-bond acceptors (Lipinski definition) is 8. The first-order chi connectivity index (χ1) is 12.9. The van der Waals surface area contributed by atoms with Crippen LogP contribution in [0.2, 0.25) is 0 Å². The van der Waals surface area contributed by atoms with Crippen LogP contribution in [0.3, 0.4) is 0 Å². The van der Waals surface area contributed by atoms with E-state index in [1.165, 1.54) is 6.33 Å². The van der Waals surface area contributed by atoms with Gasteiger partial charge in [0.2, 0.25) is 0 Å². The summed E-state index contributed by atoms with van der Waals surface area (Å²) in [5.74, 6) is 2.21. The van der Waals surface area contributed by atoms with Gasteiger partial charge in [-0.1, -0.05) is 30.3 Å². The molecule has 1 aromatic carbocycles. The molecule has 9 nitrogen and oxygen atoms in total. The highest BCUT2D eigenvalue weighted by Crippen LogP contribution is 2.29. The number of benzene rings is 1. The van der Waals surface area contributed by atoms with Gasteiger partial charge in [-0.05, 0) is 12.1 Å². The average molecular weight is 345 g/mol. The molecule has 0 radical (unpaired) electrons. The quantitative estimate of drug-likeness (QED) is 0.516. The van der Waals surface area contributed by atoms with Crippen LogP contribution >= 0.6 is 0 Å². The van der Waals surface area contributed by atoms with Gasteiger partial charge in [0, 0.05) is 5.56 Å². The first-order valence-electron chi connectivity index (χ1n) is 8.22. The van der Waals surface area contributed by atoms with Crippen molar-refractivity contribution < 1.29 is 0 Å². The lowest BCUT2D eigenvalue weighted by molar-refractivity contribution is 0.829. The van der Waals surface area contributed by atoms with Gasteiger partial charge in [0.25, 0.3) is 0 Å². The molecule has 3 N–H and O–H groups in total. The second-order valence-electron chi connectivity index (χ2n) is 5.80. The number of nitrogens with zero attached hydrogens (tertiary/aromatic N) is 6. The van der Waals surface area contributed by atoms with Crippen molar-refractivity contribution in [2.24, 2.45) is 0 Å². The summed E-state index contributed by atoms with van der Waals surface area (Å²) in [5.41, 5.74) is 3.48. The molecule has 1 aliphatic heterocycles. The molecule has 128 valence electrons. The Kier molecular flexibility index (Phi) is 3.34. The number of hydrogen-bond donors (Lipinski definition) is 3. The first kappa shape index (κ1) is 14.6. The molecule has 26 heavy (non-hydrogen) atoms. The highest BCUT2D eigenvalue weighted by molar-refractivity contribution is 5.79. The maximum atomic E-state index is 4.68. The van der Waals surface area contributed by atoms with Gasteiger partial charge in [-0.25, -0.2) is 9.97 Å². The third kappa shape index (κ3) is 2.46. The van der Waals surface area contributed by atoms with Gasteiger partial charge in [0.15, 0.2) is 23.1 Å². The van der Waals surface area contributed by atoms with Crippen LogP contribution in [-0.2, 0) is 6.54 Å². The molecule has 0 amide bonds. The second-order valence-corrected chi connectivity index (χ2v) is 5.80. The van der Waals surface area contributed by atoms with Crippen molar-refractivity contribution in [1.82, 2.24) is 29.8 Å². The second kappa shape index (κ2) is 5.96. The van der Waals surface area contributed by atoms with Crippen LogP contribution in [0.4, 0.5) is 17.3 Å². The van der Waals surface area contributed by atoms with E-state index in [4.69, 9.17) is 0 Å². The predicted molar refractivity (Wildman–Crippen MR) is 97.7 cm³/mol. The van der Waals surface area contributed by atoms with Crippen LogP contribution < -0.4 is 16.0 Å². The SMILES string of the molecule is c1ccc(-c2ccc3nnc(CNc4ncnc5c4NCN5)n3n2)cc1. The van der Waals surface area contributed by atoms with Crippen molar-refractivity contribution in [3.63, 3.8) is 0 Å². The third-order valence-electron chi connectivity index (χ3n) is 4.18. The van der Waals surface area contributed by atoms with Gasteiger partial charge in [0.05, 0.1) is 18.9 Å². The van der Waals surface area contributed by atoms with E-state index in [9.17, 15) is 0 Å². The molecule has 0 saturated carbocycles. The van der Waals surface area contributed by atoms with Crippen molar-refractivity contribution in [2.75, 3.05) is 22.6 Å². The van der Waals surface area contributed by atoms with Gasteiger partial charge < -0.3 is 16.0 Å². The van der Waals surface area contributed by atoms with Crippen molar-refractivity contribution >= 4 is 23.0 Å². The maximum absolute atomic E-state index is 4.68. The fraction of sp³-hybridized carbons (Fsp3) is 0.118. The van der Waals surface area contributed by atoms with E-state index in [0.717, 1.165) is 28.6 Å². The Labute approximate surface area is 148 Å². The van der Waals surface area contributed by atoms with Crippen LogP contribution in [0.15, 0.2) is 48.8 Å². The Morgan fingerprint density at radius 1 is 1.00 bits per heavy atom. The van der Waals surface area contributed by atoms with Gasteiger partial charge in [-0.15, -0.1) is 10.2 Å². The number of anilines is 3. The zero-order valence-electron chi connectivity index (χ0n) is 13.7. The van der Waals surface area contributed by atoms with Crippen molar-refractivity contribution in [3.8, 4) is 11.3 Å². The largest absolute Gasteiger partial charge is 0.362 e. The van der Waals surface area contributed by atoms with Crippen LogP contribution in [0, 0.1) is 0 Å². The minimum Gasteiger partial charge on any atom is -0.362 e. The number of aromatic nitrogens is 6. The van der Waals surface area contributed by atoms with E-state index < -0.39 is 0 Å². The summed E-state index contributed by atoms with van der Waals surface area (Å²) in [7, 11) is 0. The summed E-state index contributed by atoms with van der Waals surface area (Å²) in [4.78, 5) is 8.48. The highest BCUT2D eigenvalue weighted by Gasteiger charge is 2.16. The van der Waals surface area contributed by atoms with E-state index in [-0.39, 0.29) is 0 Å². The fourth-order valence-electron chi connectivity index (χ4n) is 2.91. The topological polar surface area (TPSA) is 105 Å². The lowest BCUT2D eigenvalue weighted by Crippen LogP contribution is -2.09. The Bertz CT molecular complexity index is 1070. The van der Waals surface area contributed by atoms with Crippen LogP contribution in [0.25, 0.3) is 16.9 Å². The number of nitrogens with one attached hydrogen (secondary N) is 3. The molecule has 1 aliphatic rings. The Morgan fingerprint density at radius 3 is 2.85 bits per heavy atom. The van der Waals surface area contributed by atoms with Gasteiger partial charge in [-0.3, -0.25) is 0 Å². The summed E-state index contributed by atoms with van der Waals surface area (Å²) in [6.07, 6.45) is 1.52. The molecular weight excluding hydrogens is 330 g/mol. The molecule has 4 heterocycles. The smallest absolute Gasteiger partial charge is 0.178 e. The molecule has 0 spiro atoms. The lowest BCUT2D eigenvalue weighted by atomic mass is 10.1. The van der Waals surface area contributed by atoms with Gasteiger partial charge in [-0.2, -0.15) is 9.61 Å². The Balaban J connectivity index is 1.45. The summed E-state index contributed by atoms with van der Waals surface area (Å²) < 4.78 is 1.75. The van der Waals surface area contributed by atoms with Crippen molar-refractivity contribution in [2.45, 2.75) is 6.54 Å². The van der Waals surface area contributed by atoms with E-state index in [1.807, 2.05) is 42.5 Å². The molecule has 0 unspecified atom stereocenters. The van der Waals surface area contributed by atoms with Crippen molar-refractivity contribution in [1.29, 1.82) is 0 Å². The van der Waals surface area contributed by atoms with E-state index >= 15 is 0 Å². The fourth-order valence-corrected chi connectivity index (χ4v) is 2.91. The molecule has 5 rings (SSSR count). The molecule has 0 aliphatic carbocycles. The summed E-state index contributed by atoms with van der Waals surface area (Å²) in [5, 5.41) is 22.7. The number of fused-ring (bicyclic) bond motifs is 2. The molecule has 3 aromatic heterocycles. The predicted octanol–water partition coefficient (Wildman–Crippen LogP) is 1.99. The Morgan fingerprint density at radius 2 is 1.92 bits per heavy atom. The summed E-state index contributed by atoms with van der Waals surface area (Å²) in [6.45, 7) is 1.08. The molecule has 0 fully saturated rings. The first-order valence-corrected chi connectivity index (χ1v) is 8.22. The average Bonchev–Trinajstić information content (AvgIpc) is 3.33. The minimum atomic E-state index is 0.442. The minimum absolute atomic E-state index is 0.442. The summed E-state index contributed by atoms with van der Waals surface area (Å²) >= 11 is 0. The van der Waals surface area contributed by atoms with E-state index in [2.05, 4.69) is 41.2 Å². The molecule has 0 atom stereocenters. The van der Waals surface area contributed by atoms with E-state index in [1.54, 1.807) is 4.52 Å². The standard InChI is InChI=1S/C17H15N9/c1-2-4-11(5-3-1)12-6-7-13-23-24-14(26(13)25-12)8-18-16-15-17(20-9-19-15)22-10-21-16/h1-7,10,19H,8-9H2,(H2,18,20,21,22). The molecule has 0 bridgehead atoms. The van der Waals surface area contributed by atoms with Gasteiger partial charge >= 0.3 is 0 Å². The van der Waals surface area contributed by atoms with Crippen LogP contribution in [0.5, 0.6) is 0 Å². The monoisotopic (exact) mass is 345 g/mol. The highest BCUT2D eigenvalue weighted by atomic mass is 15.4. The zero-order valence-corrected chi connectivity index (χ0v) is 13.7. The summed E-state index contributed by atoms with van der Waals surface area (Å²) in [6, 6.07) is 13.9. The molecule has 0 saturated heterocycles. The molecular formula is C17H15N9. The van der Waals surface area contributed by atoms with Gasteiger partial charge in [0.1, 0.15) is 12.0 Å². The van der Waals surface area contributed by atoms with E-state index in [0.29, 0.717) is 24.7 Å². The third-order valence-corrected chi connectivity index (χ3v) is 4.18. The van der Waals surface area contributed by atoms with Crippen LogP contribution in [-0.4, -0.2) is 36.4 Å². The van der Waals surface area contributed by atoms with Crippen LogP contribution in [0.1, 0.15) is 5.82 Å². The zero-order chi connectivity index (χ0) is 17.3. The number of rotatable bonds is 4. The Hall–Kier alpha value is -3.75. The maximum Gasteiger partial charge on any atom is 0.178 e. The lowest BCUT2D eigenvalue weighted by Gasteiger charge is -2.08. The molecule has 9 heteroatoms. The normalized spacial score (nSPS) is 12.5.